The van der Waals surface area contributed by atoms with Crippen LogP contribution in [-0.2, 0) is 11.2 Å². The molecule has 1 aliphatic carbocycles. The molecule has 2 aromatic rings. The van der Waals surface area contributed by atoms with Gasteiger partial charge in [0.25, 0.3) is 0 Å². The zero-order valence-electron chi connectivity index (χ0n) is 21.3. The fourth-order valence-corrected chi connectivity index (χ4v) is 5.97. The molecule has 3 aliphatic rings. The molecule has 5 rings (SSSR count). The van der Waals surface area contributed by atoms with Gasteiger partial charge in [-0.05, 0) is 68.2 Å². The molecule has 0 bridgehead atoms. The van der Waals surface area contributed by atoms with E-state index in [4.69, 9.17) is 0 Å². The third-order valence-electron chi connectivity index (χ3n) is 8.23. The van der Waals surface area contributed by atoms with Crippen molar-refractivity contribution in [1.82, 2.24) is 19.6 Å². The van der Waals surface area contributed by atoms with E-state index in [9.17, 15) is 9.59 Å². The number of hydrogen-bond donors (Lipinski definition) is 0. The number of likely N-dealkylation sites (tertiary alicyclic amines) is 1. The third-order valence-corrected chi connectivity index (χ3v) is 8.23. The lowest BCUT2D eigenvalue weighted by Gasteiger charge is -2.42. The molecule has 0 N–H and O–H groups in total. The maximum Gasteiger partial charge on any atom is 0.319 e. The SMILES string of the molecule is CN(C)C(=O)N1CCC2(CC1)C(=O)N(CCCc1ccccc1)C(c1ccc(C3CC3)cc1)N2C. The van der Waals surface area contributed by atoms with Gasteiger partial charge in [0.15, 0.2) is 0 Å². The van der Waals surface area contributed by atoms with Gasteiger partial charge in [0, 0.05) is 33.7 Å². The highest BCUT2D eigenvalue weighted by Gasteiger charge is 2.57. The van der Waals surface area contributed by atoms with Gasteiger partial charge in [-0.3, -0.25) is 9.69 Å². The summed E-state index contributed by atoms with van der Waals surface area (Å²) in [5, 5.41) is 0. The van der Waals surface area contributed by atoms with Crippen LogP contribution in [0.3, 0.4) is 0 Å². The van der Waals surface area contributed by atoms with E-state index in [0.29, 0.717) is 25.9 Å². The average molecular weight is 475 g/mol. The van der Waals surface area contributed by atoms with Crippen molar-refractivity contribution in [2.24, 2.45) is 0 Å². The van der Waals surface area contributed by atoms with E-state index in [0.717, 1.165) is 25.3 Å². The first kappa shape index (κ1) is 23.9. The quantitative estimate of drug-likeness (QED) is 0.620. The van der Waals surface area contributed by atoms with Crippen molar-refractivity contribution in [2.75, 3.05) is 40.8 Å². The fraction of sp³-hybridized carbons (Fsp3) is 0.517. The first-order valence-corrected chi connectivity index (χ1v) is 13.0. The standard InChI is InChI=1S/C29H38N4O2/c1-30(2)28(35)32-20-17-29(18-21-32)27(34)33(19-7-10-22-8-5-4-6-9-22)26(31(29)3)25-15-13-24(14-16-25)23-11-12-23/h4-6,8-9,13-16,23,26H,7,10-12,17-21H2,1-3H3. The summed E-state index contributed by atoms with van der Waals surface area (Å²) in [5.41, 5.74) is 3.37. The van der Waals surface area contributed by atoms with Gasteiger partial charge in [-0.25, -0.2) is 4.79 Å². The Morgan fingerprint density at radius 3 is 2.20 bits per heavy atom. The molecule has 2 aromatic carbocycles. The third kappa shape index (κ3) is 4.56. The molecule has 35 heavy (non-hydrogen) atoms. The van der Waals surface area contributed by atoms with Gasteiger partial charge in [-0.2, -0.15) is 0 Å². The van der Waals surface area contributed by atoms with Gasteiger partial charge in [0.05, 0.1) is 0 Å². The van der Waals surface area contributed by atoms with Gasteiger partial charge in [0.1, 0.15) is 11.7 Å². The molecule has 2 heterocycles. The van der Waals surface area contributed by atoms with Crippen LogP contribution in [0.15, 0.2) is 54.6 Å². The summed E-state index contributed by atoms with van der Waals surface area (Å²) < 4.78 is 0. The number of urea groups is 1. The van der Waals surface area contributed by atoms with E-state index < -0.39 is 5.54 Å². The highest BCUT2D eigenvalue weighted by Crippen LogP contribution is 2.46. The van der Waals surface area contributed by atoms with Crippen LogP contribution in [0.25, 0.3) is 0 Å². The van der Waals surface area contributed by atoms with Crippen LogP contribution in [0.4, 0.5) is 4.79 Å². The molecular formula is C29H38N4O2. The highest BCUT2D eigenvalue weighted by molar-refractivity contribution is 5.89. The molecule has 6 heteroatoms. The molecule has 1 atom stereocenters. The molecule has 186 valence electrons. The van der Waals surface area contributed by atoms with Crippen LogP contribution in [0, 0.1) is 0 Å². The molecule has 1 unspecified atom stereocenters. The summed E-state index contributed by atoms with van der Waals surface area (Å²) in [4.78, 5) is 34.5. The second-order valence-corrected chi connectivity index (χ2v) is 10.7. The minimum atomic E-state index is -0.546. The van der Waals surface area contributed by atoms with E-state index in [-0.39, 0.29) is 18.1 Å². The fourth-order valence-electron chi connectivity index (χ4n) is 5.97. The Hall–Kier alpha value is -2.86. The van der Waals surface area contributed by atoms with Crippen LogP contribution in [0.2, 0.25) is 0 Å². The zero-order chi connectivity index (χ0) is 24.6. The number of rotatable bonds is 6. The second-order valence-electron chi connectivity index (χ2n) is 10.7. The number of nitrogens with zero attached hydrogens (tertiary/aromatic N) is 4. The zero-order valence-corrected chi connectivity index (χ0v) is 21.3. The van der Waals surface area contributed by atoms with Crippen LogP contribution in [0.1, 0.15) is 60.9 Å². The van der Waals surface area contributed by atoms with E-state index >= 15 is 0 Å². The highest BCUT2D eigenvalue weighted by atomic mass is 16.2. The Bertz CT molecular complexity index is 1040. The Morgan fingerprint density at radius 2 is 1.60 bits per heavy atom. The summed E-state index contributed by atoms with van der Waals surface area (Å²) in [6, 6.07) is 19.5. The second kappa shape index (κ2) is 9.65. The van der Waals surface area contributed by atoms with Crippen molar-refractivity contribution in [2.45, 2.75) is 56.1 Å². The monoisotopic (exact) mass is 474 g/mol. The first-order valence-electron chi connectivity index (χ1n) is 13.0. The normalized spacial score (nSPS) is 22.1. The van der Waals surface area contributed by atoms with Gasteiger partial charge < -0.3 is 14.7 Å². The number of aryl methyl sites for hydroxylation is 1. The summed E-state index contributed by atoms with van der Waals surface area (Å²) in [6.07, 6.45) is 5.75. The van der Waals surface area contributed by atoms with Gasteiger partial charge in [-0.15, -0.1) is 0 Å². The number of amides is 3. The molecular weight excluding hydrogens is 436 g/mol. The minimum Gasteiger partial charge on any atom is -0.331 e. The Morgan fingerprint density at radius 1 is 0.971 bits per heavy atom. The molecule has 0 radical (unpaired) electrons. The summed E-state index contributed by atoms with van der Waals surface area (Å²) in [6.45, 7) is 1.95. The predicted molar refractivity (Wildman–Crippen MR) is 138 cm³/mol. The molecule has 3 fully saturated rings. The smallest absolute Gasteiger partial charge is 0.319 e. The molecule has 0 aromatic heterocycles. The van der Waals surface area contributed by atoms with E-state index in [1.165, 1.54) is 29.5 Å². The lowest BCUT2D eigenvalue weighted by atomic mass is 9.86. The van der Waals surface area contributed by atoms with Crippen LogP contribution >= 0.6 is 0 Å². The Kier molecular flexibility index (Phi) is 6.58. The van der Waals surface area contributed by atoms with Gasteiger partial charge in [0.2, 0.25) is 5.91 Å². The van der Waals surface area contributed by atoms with Crippen molar-refractivity contribution < 1.29 is 9.59 Å². The van der Waals surface area contributed by atoms with Crippen LogP contribution in [-0.4, -0.2) is 77.9 Å². The van der Waals surface area contributed by atoms with Crippen molar-refractivity contribution in [3.63, 3.8) is 0 Å². The number of hydrogen-bond acceptors (Lipinski definition) is 3. The lowest BCUT2D eigenvalue weighted by molar-refractivity contribution is -0.135. The van der Waals surface area contributed by atoms with E-state index in [1.807, 2.05) is 11.0 Å². The molecule has 2 saturated heterocycles. The maximum atomic E-state index is 14.1. The first-order chi connectivity index (χ1) is 16.9. The summed E-state index contributed by atoms with van der Waals surface area (Å²) >= 11 is 0. The largest absolute Gasteiger partial charge is 0.331 e. The Balaban J connectivity index is 1.37. The van der Waals surface area contributed by atoms with E-state index in [1.54, 1.807) is 19.0 Å². The van der Waals surface area contributed by atoms with Crippen LogP contribution in [0.5, 0.6) is 0 Å². The maximum absolute atomic E-state index is 14.1. The van der Waals surface area contributed by atoms with Crippen molar-refractivity contribution in [1.29, 1.82) is 0 Å². The predicted octanol–water partition coefficient (Wildman–Crippen LogP) is 4.49. The van der Waals surface area contributed by atoms with Crippen LogP contribution < -0.4 is 0 Å². The summed E-state index contributed by atoms with van der Waals surface area (Å²) in [7, 11) is 5.68. The number of piperidine rings is 1. The molecule has 1 spiro atoms. The minimum absolute atomic E-state index is 0.0277. The summed E-state index contributed by atoms with van der Waals surface area (Å²) in [5.74, 6) is 0.945. The van der Waals surface area contributed by atoms with Crippen molar-refractivity contribution >= 4 is 11.9 Å². The van der Waals surface area contributed by atoms with Crippen molar-refractivity contribution in [3.05, 3.63) is 71.3 Å². The number of benzene rings is 2. The molecule has 1 saturated carbocycles. The molecule has 3 amide bonds. The van der Waals surface area contributed by atoms with Gasteiger partial charge >= 0.3 is 6.03 Å². The Labute approximate surface area is 209 Å². The van der Waals surface area contributed by atoms with Crippen molar-refractivity contribution in [3.8, 4) is 0 Å². The number of carbonyl (C=O) groups is 2. The lowest BCUT2D eigenvalue weighted by Crippen LogP contribution is -2.57. The molecule has 2 aliphatic heterocycles. The number of carbonyl (C=O) groups excluding carboxylic acids is 2. The topological polar surface area (TPSA) is 47.1 Å². The van der Waals surface area contributed by atoms with Gasteiger partial charge in [-0.1, -0.05) is 54.6 Å². The molecule has 6 nitrogen and oxygen atoms in total. The average Bonchev–Trinajstić information content (AvgIpc) is 3.71. The number of likely N-dealkylation sites (N-methyl/N-ethyl adjacent to an activating group) is 1. The van der Waals surface area contributed by atoms with E-state index in [2.05, 4.69) is 65.4 Å².